The van der Waals surface area contributed by atoms with E-state index in [0.717, 1.165) is 22.6 Å². The van der Waals surface area contributed by atoms with Gasteiger partial charge in [-0.05, 0) is 43.0 Å². The Hall–Kier alpha value is -1.69. The summed E-state index contributed by atoms with van der Waals surface area (Å²) in [5.74, 6) is 1.30. The zero-order valence-electron chi connectivity index (χ0n) is 11.2. The molecule has 0 amide bonds. The molecule has 0 heterocycles. The second kappa shape index (κ2) is 5.58. The van der Waals surface area contributed by atoms with E-state index in [1.807, 2.05) is 19.9 Å². The van der Waals surface area contributed by atoms with Crippen molar-refractivity contribution < 1.29 is 4.74 Å². The van der Waals surface area contributed by atoms with Crippen LogP contribution in [0, 0.1) is 18.3 Å². The lowest BCUT2D eigenvalue weighted by Crippen LogP contribution is -2.13. The summed E-state index contributed by atoms with van der Waals surface area (Å²) in [6.45, 7) is 8.12. The van der Waals surface area contributed by atoms with Crippen LogP contribution in [-0.4, -0.2) is 13.2 Å². The number of ether oxygens (including phenoxy) is 1. The van der Waals surface area contributed by atoms with Gasteiger partial charge in [0.05, 0.1) is 13.2 Å². The highest BCUT2D eigenvalue weighted by Crippen LogP contribution is 2.32. The zero-order chi connectivity index (χ0) is 13.0. The van der Waals surface area contributed by atoms with E-state index in [2.05, 4.69) is 31.3 Å². The van der Waals surface area contributed by atoms with Crippen LogP contribution in [0.1, 0.15) is 37.8 Å². The smallest absolute Gasteiger partial charge is 0.122 e. The fraction of sp³-hybridized carbons (Fsp3) is 0.500. The van der Waals surface area contributed by atoms with Crippen molar-refractivity contribution in [2.45, 2.75) is 39.7 Å². The number of nitrogens with zero attached hydrogens (tertiary/aromatic N) is 1. The molecule has 0 aliphatic carbocycles. The van der Waals surface area contributed by atoms with Gasteiger partial charge in [0.1, 0.15) is 11.8 Å². The number of anilines is 1. The first-order valence-corrected chi connectivity index (χ1v) is 5.84. The number of nitriles is 1. The Morgan fingerprint density at radius 1 is 1.29 bits per heavy atom. The molecular weight excluding hydrogens is 212 g/mol. The third-order valence-corrected chi connectivity index (χ3v) is 2.76. The lowest BCUT2D eigenvalue weighted by atomic mass is 9.99. The summed E-state index contributed by atoms with van der Waals surface area (Å²) in [6, 6.07) is 6.07. The molecule has 1 aromatic rings. The molecule has 1 rings (SSSR count). The summed E-state index contributed by atoms with van der Waals surface area (Å²) in [4.78, 5) is 0. The van der Waals surface area contributed by atoms with Gasteiger partial charge in [-0.25, -0.2) is 0 Å². The average molecular weight is 232 g/mol. The maximum Gasteiger partial charge on any atom is 0.122 e. The Morgan fingerprint density at radius 3 is 2.41 bits per heavy atom. The second-order valence-electron chi connectivity index (χ2n) is 4.56. The lowest BCUT2D eigenvalue weighted by molar-refractivity contribution is 0.407. The molecule has 0 saturated heterocycles. The number of methoxy groups -OCH3 is 1. The van der Waals surface area contributed by atoms with E-state index in [9.17, 15) is 0 Å². The van der Waals surface area contributed by atoms with Crippen LogP contribution in [0.25, 0.3) is 0 Å². The van der Waals surface area contributed by atoms with Crippen molar-refractivity contribution in [1.82, 2.24) is 0 Å². The summed E-state index contributed by atoms with van der Waals surface area (Å²) in [7, 11) is 1.69. The molecule has 0 spiro atoms. The van der Waals surface area contributed by atoms with Gasteiger partial charge in [0, 0.05) is 5.69 Å². The number of aryl methyl sites for hydroxylation is 1. The molecule has 3 nitrogen and oxygen atoms in total. The molecule has 0 aromatic heterocycles. The quantitative estimate of drug-likeness (QED) is 0.864. The minimum atomic E-state index is -0.192. The fourth-order valence-corrected chi connectivity index (χ4v) is 1.75. The highest BCUT2D eigenvalue weighted by molar-refractivity contribution is 5.59. The Labute approximate surface area is 103 Å². The molecule has 0 fully saturated rings. The molecule has 1 aromatic carbocycles. The third-order valence-electron chi connectivity index (χ3n) is 2.76. The van der Waals surface area contributed by atoms with Crippen LogP contribution in [0.5, 0.6) is 5.75 Å². The summed E-state index contributed by atoms with van der Waals surface area (Å²) >= 11 is 0. The van der Waals surface area contributed by atoms with Gasteiger partial charge in [-0.2, -0.15) is 5.26 Å². The van der Waals surface area contributed by atoms with E-state index in [1.54, 1.807) is 7.11 Å². The molecule has 1 unspecified atom stereocenters. The van der Waals surface area contributed by atoms with Crippen LogP contribution in [0.2, 0.25) is 0 Å². The van der Waals surface area contributed by atoms with Gasteiger partial charge in [-0.1, -0.05) is 13.8 Å². The second-order valence-corrected chi connectivity index (χ2v) is 4.56. The zero-order valence-corrected chi connectivity index (χ0v) is 11.2. The molecule has 0 saturated carbocycles. The predicted octanol–water partition coefficient (Wildman–Crippen LogP) is 3.45. The maximum atomic E-state index is 8.83. The van der Waals surface area contributed by atoms with Gasteiger partial charge in [0.25, 0.3) is 0 Å². The third kappa shape index (κ3) is 3.13. The van der Waals surface area contributed by atoms with E-state index in [4.69, 9.17) is 10.00 Å². The van der Waals surface area contributed by atoms with E-state index in [-0.39, 0.29) is 6.04 Å². The van der Waals surface area contributed by atoms with E-state index >= 15 is 0 Å². The summed E-state index contributed by atoms with van der Waals surface area (Å²) < 4.78 is 5.38. The molecule has 0 aliphatic heterocycles. The first-order chi connectivity index (χ1) is 7.99. The standard InChI is InChI=1S/C14H20N2O/c1-9(2)12-7-13(16-11(4)8-15)10(3)6-14(12)17-5/h6-7,9,11,16H,1-5H3. The topological polar surface area (TPSA) is 45.0 Å². The van der Waals surface area contributed by atoms with Gasteiger partial charge < -0.3 is 10.1 Å². The molecule has 1 atom stereocenters. The molecule has 17 heavy (non-hydrogen) atoms. The van der Waals surface area contributed by atoms with Crippen LogP contribution < -0.4 is 10.1 Å². The normalized spacial score (nSPS) is 12.1. The molecule has 92 valence electrons. The van der Waals surface area contributed by atoms with E-state index < -0.39 is 0 Å². The van der Waals surface area contributed by atoms with E-state index in [1.165, 1.54) is 0 Å². The van der Waals surface area contributed by atoms with Crippen molar-refractivity contribution >= 4 is 5.69 Å². The molecule has 0 aliphatic rings. The van der Waals surface area contributed by atoms with Gasteiger partial charge in [0.2, 0.25) is 0 Å². The largest absolute Gasteiger partial charge is 0.496 e. The Balaban J connectivity index is 3.16. The minimum absolute atomic E-state index is 0.192. The maximum absolute atomic E-state index is 8.83. The van der Waals surface area contributed by atoms with Crippen LogP contribution >= 0.6 is 0 Å². The molecule has 0 radical (unpaired) electrons. The number of benzene rings is 1. The Bertz CT molecular complexity index is 433. The van der Waals surface area contributed by atoms with Crippen molar-refractivity contribution in [2.24, 2.45) is 0 Å². The van der Waals surface area contributed by atoms with Crippen molar-refractivity contribution in [3.63, 3.8) is 0 Å². The van der Waals surface area contributed by atoms with Crippen LogP contribution in [0.4, 0.5) is 5.69 Å². The Morgan fingerprint density at radius 2 is 1.94 bits per heavy atom. The fourth-order valence-electron chi connectivity index (χ4n) is 1.75. The molecule has 0 bridgehead atoms. The minimum Gasteiger partial charge on any atom is -0.496 e. The molecule has 3 heteroatoms. The number of hydrogen-bond donors (Lipinski definition) is 1. The van der Waals surface area contributed by atoms with E-state index in [0.29, 0.717) is 5.92 Å². The predicted molar refractivity (Wildman–Crippen MR) is 70.5 cm³/mol. The summed E-state index contributed by atoms with van der Waals surface area (Å²) in [5, 5.41) is 12.0. The Kier molecular flexibility index (Phi) is 4.39. The first kappa shape index (κ1) is 13.4. The van der Waals surface area contributed by atoms with Crippen LogP contribution in [0.3, 0.4) is 0 Å². The van der Waals surface area contributed by atoms with Gasteiger partial charge in [-0.15, -0.1) is 0 Å². The lowest BCUT2D eigenvalue weighted by Gasteiger charge is -2.18. The van der Waals surface area contributed by atoms with Crippen molar-refractivity contribution in [1.29, 1.82) is 5.26 Å². The van der Waals surface area contributed by atoms with Crippen molar-refractivity contribution in [2.75, 3.05) is 12.4 Å². The first-order valence-electron chi connectivity index (χ1n) is 5.84. The number of hydrogen-bond acceptors (Lipinski definition) is 3. The molecular formula is C14H20N2O. The SMILES string of the molecule is COc1cc(C)c(NC(C)C#N)cc1C(C)C. The van der Waals surface area contributed by atoms with Crippen molar-refractivity contribution in [3.05, 3.63) is 23.3 Å². The summed E-state index contributed by atoms with van der Waals surface area (Å²) in [5.41, 5.74) is 3.25. The van der Waals surface area contributed by atoms with Gasteiger partial charge in [0.15, 0.2) is 0 Å². The van der Waals surface area contributed by atoms with Crippen molar-refractivity contribution in [3.8, 4) is 11.8 Å². The highest BCUT2D eigenvalue weighted by atomic mass is 16.5. The van der Waals surface area contributed by atoms with Crippen LogP contribution in [0.15, 0.2) is 12.1 Å². The average Bonchev–Trinajstić information content (AvgIpc) is 2.30. The highest BCUT2D eigenvalue weighted by Gasteiger charge is 2.12. The number of rotatable bonds is 4. The van der Waals surface area contributed by atoms with Crippen LogP contribution in [-0.2, 0) is 0 Å². The van der Waals surface area contributed by atoms with Gasteiger partial charge in [-0.3, -0.25) is 0 Å². The monoisotopic (exact) mass is 232 g/mol. The van der Waals surface area contributed by atoms with Gasteiger partial charge >= 0.3 is 0 Å². The summed E-state index contributed by atoms with van der Waals surface area (Å²) in [6.07, 6.45) is 0. The number of nitrogens with one attached hydrogen (secondary N) is 1. The molecule has 1 N–H and O–H groups in total.